The van der Waals surface area contributed by atoms with Crippen molar-refractivity contribution in [1.82, 2.24) is 0 Å². The van der Waals surface area contributed by atoms with Crippen molar-refractivity contribution in [2.24, 2.45) is 11.7 Å². The molecule has 19 heavy (non-hydrogen) atoms. The molecular formula is C14H19F3N2. The molecule has 0 amide bonds. The zero-order chi connectivity index (χ0) is 14.0. The molecule has 2 unspecified atom stereocenters. The summed E-state index contributed by atoms with van der Waals surface area (Å²) in [5.74, 6) is 0.862. The van der Waals surface area contributed by atoms with Crippen molar-refractivity contribution in [3.63, 3.8) is 0 Å². The minimum atomic E-state index is -4.34. The second-order valence-electron chi connectivity index (χ2n) is 5.15. The van der Waals surface area contributed by atoms with Gasteiger partial charge in [-0.15, -0.1) is 0 Å². The summed E-state index contributed by atoms with van der Waals surface area (Å²) in [6.45, 7) is 0.648. The number of anilines is 1. The number of nitrogens with zero attached hydrogens (tertiary/aromatic N) is 1. The number of halogens is 3. The smallest absolute Gasteiger partial charge is 0.330 e. The van der Waals surface area contributed by atoms with Crippen LogP contribution in [-0.2, 0) is 0 Å². The molecule has 1 aliphatic rings. The van der Waals surface area contributed by atoms with E-state index in [0.717, 1.165) is 31.9 Å². The van der Waals surface area contributed by atoms with Gasteiger partial charge < -0.3 is 5.73 Å². The second kappa shape index (κ2) is 5.41. The predicted octanol–water partition coefficient (Wildman–Crippen LogP) is 3.49. The molecule has 1 aromatic carbocycles. The van der Waals surface area contributed by atoms with Crippen molar-refractivity contribution in [3.05, 3.63) is 29.8 Å². The number of benzene rings is 1. The predicted molar refractivity (Wildman–Crippen MR) is 70.0 cm³/mol. The van der Waals surface area contributed by atoms with Crippen LogP contribution in [0.2, 0.25) is 0 Å². The lowest BCUT2D eigenvalue weighted by atomic mass is 9.89. The highest BCUT2D eigenvalue weighted by molar-refractivity contribution is 5.48. The fourth-order valence-electron chi connectivity index (χ4n) is 2.85. The molecule has 1 fully saturated rings. The largest absolute Gasteiger partial charge is 0.484 e. The van der Waals surface area contributed by atoms with Gasteiger partial charge in [0.1, 0.15) is 0 Å². The Balaban J connectivity index is 2.14. The molecule has 0 aromatic heterocycles. The first-order valence-electron chi connectivity index (χ1n) is 6.54. The quantitative estimate of drug-likeness (QED) is 0.853. The van der Waals surface area contributed by atoms with Crippen molar-refractivity contribution in [1.29, 1.82) is 0 Å². The van der Waals surface area contributed by atoms with Crippen LogP contribution in [0.1, 0.15) is 30.7 Å². The van der Waals surface area contributed by atoms with E-state index in [0.29, 0.717) is 23.3 Å². The topological polar surface area (TPSA) is 29.3 Å². The van der Waals surface area contributed by atoms with E-state index in [1.165, 1.54) is 12.1 Å². The lowest BCUT2D eigenvalue weighted by Gasteiger charge is -2.23. The molecule has 1 saturated carbocycles. The van der Waals surface area contributed by atoms with Crippen LogP contribution in [0.15, 0.2) is 24.3 Å². The van der Waals surface area contributed by atoms with Crippen LogP contribution in [0.5, 0.6) is 0 Å². The molecule has 0 bridgehead atoms. The zero-order valence-corrected chi connectivity index (χ0v) is 11.0. The van der Waals surface area contributed by atoms with Crippen LogP contribution in [0.25, 0.3) is 0 Å². The van der Waals surface area contributed by atoms with Gasteiger partial charge in [0.15, 0.2) is 0 Å². The molecule has 2 atom stereocenters. The van der Waals surface area contributed by atoms with E-state index in [1.807, 2.05) is 0 Å². The maximum Gasteiger partial charge on any atom is 0.484 e. The Morgan fingerprint density at radius 2 is 1.84 bits per heavy atom. The van der Waals surface area contributed by atoms with Gasteiger partial charge in [-0.05, 0) is 48.9 Å². The highest BCUT2D eigenvalue weighted by Gasteiger charge is 2.34. The number of nitrogens with two attached hydrogens (primary N) is 1. The normalized spacial score (nSPS) is 23.6. The van der Waals surface area contributed by atoms with E-state index in [4.69, 9.17) is 5.73 Å². The molecular weight excluding hydrogens is 253 g/mol. The molecule has 106 valence electrons. The summed E-state index contributed by atoms with van der Waals surface area (Å²) >= 11 is 0. The third-order valence-electron chi connectivity index (χ3n) is 4.05. The van der Waals surface area contributed by atoms with Gasteiger partial charge in [0, 0.05) is 12.7 Å². The lowest BCUT2D eigenvalue weighted by molar-refractivity contribution is -0.125. The fraction of sp³-hybridized carbons (Fsp3) is 0.571. The molecule has 0 saturated heterocycles. The van der Waals surface area contributed by atoms with Crippen molar-refractivity contribution < 1.29 is 13.2 Å². The van der Waals surface area contributed by atoms with Crippen LogP contribution < -0.4 is 10.6 Å². The van der Waals surface area contributed by atoms with E-state index < -0.39 is 6.30 Å². The minimum absolute atomic E-state index is 0.165. The van der Waals surface area contributed by atoms with Gasteiger partial charge in [0.2, 0.25) is 0 Å². The third-order valence-corrected chi connectivity index (χ3v) is 4.05. The number of hydrogen-bond donors (Lipinski definition) is 1. The summed E-state index contributed by atoms with van der Waals surface area (Å²) in [6, 6.07) is 6.68. The molecule has 1 aromatic rings. The van der Waals surface area contributed by atoms with Crippen molar-refractivity contribution in [3.8, 4) is 0 Å². The zero-order valence-electron chi connectivity index (χ0n) is 11.0. The average Bonchev–Trinajstić information content (AvgIpc) is 2.85. The Kier molecular flexibility index (Phi) is 4.04. The van der Waals surface area contributed by atoms with Crippen LogP contribution in [0.4, 0.5) is 18.9 Å². The van der Waals surface area contributed by atoms with Gasteiger partial charge >= 0.3 is 6.30 Å². The van der Waals surface area contributed by atoms with Gasteiger partial charge in [-0.2, -0.15) is 13.2 Å². The molecule has 0 radical (unpaired) electrons. The Bertz CT molecular complexity index is 414. The standard InChI is InChI=1S/C14H19F3N2/c1-19(14(15,16)17)12-7-5-10(6-8-12)13-4-2-3-11(13)9-18/h5-8,11,13H,2-4,9,18H2,1H3. The van der Waals surface area contributed by atoms with Crippen LogP contribution in [0, 0.1) is 5.92 Å². The first kappa shape index (κ1) is 14.2. The molecule has 5 heteroatoms. The highest BCUT2D eigenvalue weighted by Crippen LogP contribution is 2.39. The molecule has 0 aliphatic heterocycles. The van der Waals surface area contributed by atoms with Crippen LogP contribution >= 0.6 is 0 Å². The van der Waals surface area contributed by atoms with Crippen molar-refractivity contribution in [2.45, 2.75) is 31.5 Å². The summed E-state index contributed by atoms with van der Waals surface area (Å²) in [5.41, 5.74) is 7.01. The van der Waals surface area contributed by atoms with E-state index in [-0.39, 0.29) is 5.69 Å². The van der Waals surface area contributed by atoms with Crippen LogP contribution in [0.3, 0.4) is 0 Å². The summed E-state index contributed by atoms with van der Waals surface area (Å²) in [4.78, 5) is 0.325. The summed E-state index contributed by atoms with van der Waals surface area (Å²) in [5, 5.41) is 0. The number of alkyl halides is 3. The SMILES string of the molecule is CN(c1ccc(C2CCCC2CN)cc1)C(F)(F)F. The molecule has 2 rings (SSSR count). The second-order valence-corrected chi connectivity index (χ2v) is 5.15. The van der Waals surface area contributed by atoms with Gasteiger partial charge in [-0.3, -0.25) is 4.90 Å². The first-order valence-corrected chi connectivity index (χ1v) is 6.54. The lowest BCUT2D eigenvalue weighted by Crippen LogP contribution is -2.33. The maximum atomic E-state index is 12.6. The van der Waals surface area contributed by atoms with Crippen LogP contribution in [-0.4, -0.2) is 19.9 Å². The Hall–Kier alpha value is -1.23. The molecule has 1 aliphatic carbocycles. The minimum Gasteiger partial charge on any atom is -0.330 e. The Morgan fingerprint density at radius 1 is 1.21 bits per heavy atom. The van der Waals surface area contributed by atoms with Crippen molar-refractivity contribution >= 4 is 5.69 Å². The highest BCUT2D eigenvalue weighted by atomic mass is 19.4. The third kappa shape index (κ3) is 3.03. The molecule has 0 spiro atoms. The van der Waals surface area contributed by atoms with Gasteiger partial charge in [-0.1, -0.05) is 18.6 Å². The fourth-order valence-corrected chi connectivity index (χ4v) is 2.85. The van der Waals surface area contributed by atoms with E-state index in [9.17, 15) is 13.2 Å². The molecule has 2 nitrogen and oxygen atoms in total. The number of rotatable bonds is 3. The molecule has 2 N–H and O–H groups in total. The average molecular weight is 272 g/mol. The first-order chi connectivity index (χ1) is 8.93. The van der Waals surface area contributed by atoms with Gasteiger partial charge in [0.25, 0.3) is 0 Å². The number of hydrogen-bond acceptors (Lipinski definition) is 2. The monoisotopic (exact) mass is 272 g/mol. The van der Waals surface area contributed by atoms with E-state index in [1.54, 1.807) is 12.1 Å². The van der Waals surface area contributed by atoms with E-state index in [2.05, 4.69) is 0 Å². The molecule has 0 heterocycles. The Labute approximate surface area is 111 Å². The summed E-state index contributed by atoms with van der Waals surface area (Å²) in [7, 11) is 1.03. The summed E-state index contributed by atoms with van der Waals surface area (Å²) < 4.78 is 37.7. The van der Waals surface area contributed by atoms with E-state index >= 15 is 0 Å². The maximum absolute atomic E-state index is 12.6. The summed E-state index contributed by atoms with van der Waals surface area (Å²) in [6.07, 6.45) is -0.993. The van der Waals surface area contributed by atoms with Gasteiger partial charge in [0.05, 0.1) is 0 Å². The van der Waals surface area contributed by atoms with Gasteiger partial charge in [-0.25, -0.2) is 0 Å². The van der Waals surface area contributed by atoms with Crippen molar-refractivity contribution in [2.75, 3.05) is 18.5 Å². The Morgan fingerprint density at radius 3 is 2.37 bits per heavy atom.